The summed E-state index contributed by atoms with van der Waals surface area (Å²) in [4.78, 5) is 25.4. The van der Waals surface area contributed by atoms with Gasteiger partial charge in [0, 0.05) is 57.4 Å². The van der Waals surface area contributed by atoms with E-state index in [0.29, 0.717) is 18.4 Å². The summed E-state index contributed by atoms with van der Waals surface area (Å²) < 4.78 is 0. The average molecular weight is 449 g/mol. The molecule has 7 nitrogen and oxygen atoms in total. The molecule has 2 aromatic rings. The number of hydrogen-bond acceptors (Lipinski definition) is 4. The van der Waals surface area contributed by atoms with Crippen LogP contribution < -0.4 is 16.0 Å². The van der Waals surface area contributed by atoms with Crippen molar-refractivity contribution in [3.63, 3.8) is 0 Å². The molecule has 4 rings (SSSR count). The number of nitrogens with two attached hydrogens (primary N) is 1. The Balaban J connectivity index is 1.37. The predicted octanol–water partition coefficient (Wildman–Crippen LogP) is 2.98. The number of guanidine groups is 1. The van der Waals surface area contributed by atoms with Crippen molar-refractivity contribution in [1.29, 1.82) is 0 Å². The van der Waals surface area contributed by atoms with Crippen molar-refractivity contribution in [2.45, 2.75) is 38.6 Å². The lowest BCUT2D eigenvalue weighted by Gasteiger charge is -2.39. The number of nitrogens with zero attached hydrogens (tertiary/aromatic N) is 4. The number of pyridine rings is 1. The maximum absolute atomic E-state index is 11.5. The molecule has 2 aliphatic heterocycles. The minimum absolute atomic E-state index is 0.0221. The smallest absolute Gasteiger partial charge is 0.220 e. The first-order valence-electron chi connectivity index (χ1n) is 12.1. The highest BCUT2D eigenvalue weighted by molar-refractivity contribution is 5.80. The van der Waals surface area contributed by atoms with Crippen molar-refractivity contribution in [2.75, 3.05) is 38.1 Å². The first kappa shape index (κ1) is 23.1. The lowest BCUT2D eigenvalue weighted by atomic mass is 9.82. The number of carbonyl (C=O) groups excluding carboxylic acids is 1. The predicted molar refractivity (Wildman–Crippen MR) is 133 cm³/mol. The van der Waals surface area contributed by atoms with Crippen LogP contribution >= 0.6 is 0 Å². The molecule has 1 aromatic heterocycles. The maximum atomic E-state index is 11.5. The van der Waals surface area contributed by atoms with Gasteiger partial charge in [0.1, 0.15) is 5.82 Å². The van der Waals surface area contributed by atoms with E-state index in [0.717, 1.165) is 62.8 Å². The number of anilines is 1. The van der Waals surface area contributed by atoms with Crippen LogP contribution in [0, 0.1) is 11.8 Å². The van der Waals surface area contributed by atoms with E-state index < -0.39 is 0 Å². The van der Waals surface area contributed by atoms with Gasteiger partial charge in [-0.3, -0.25) is 9.79 Å². The van der Waals surface area contributed by atoms with Crippen molar-refractivity contribution in [2.24, 2.45) is 22.6 Å². The second-order valence-corrected chi connectivity index (χ2v) is 9.28. The Morgan fingerprint density at radius 3 is 2.55 bits per heavy atom. The van der Waals surface area contributed by atoms with Gasteiger partial charge >= 0.3 is 0 Å². The molecule has 2 atom stereocenters. The van der Waals surface area contributed by atoms with Crippen molar-refractivity contribution in [1.82, 2.24) is 15.2 Å². The Labute approximate surface area is 197 Å². The molecule has 0 saturated carbocycles. The molecule has 0 radical (unpaired) electrons. The number of aromatic nitrogens is 1. The van der Waals surface area contributed by atoms with Crippen LogP contribution in [0.3, 0.4) is 0 Å². The summed E-state index contributed by atoms with van der Waals surface area (Å²) in [6.45, 7) is 6.59. The molecule has 2 saturated heterocycles. The number of carbonyl (C=O) groups is 1. The Bertz CT molecular complexity index is 954. The van der Waals surface area contributed by atoms with Gasteiger partial charge < -0.3 is 20.9 Å². The van der Waals surface area contributed by atoms with Crippen LogP contribution in [0.5, 0.6) is 0 Å². The lowest BCUT2D eigenvalue weighted by molar-refractivity contribution is -0.122. The third-order valence-corrected chi connectivity index (χ3v) is 7.15. The number of nitrogens with one attached hydrogen (secondary N) is 1. The zero-order valence-corrected chi connectivity index (χ0v) is 19.8. The second-order valence-electron chi connectivity index (χ2n) is 9.28. The van der Waals surface area contributed by atoms with E-state index in [2.05, 4.69) is 68.4 Å². The van der Waals surface area contributed by atoms with E-state index in [1.807, 2.05) is 19.3 Å². The van der Waals surface area contributed by atoms with Crippen LogP contribution in [0.4, 0.5) is 5.82 Å². The largest absolute Gasteiger partial charge is 0.369 e. The number of benzene rings is 1. The molecule has 176 valence electrons. The van der Waals surface area contributed by atoms with Crippen molar-refractivity contribution in [3.8, 4) is 0 Å². The second kappa shape index (κ2) is 10.7. The van der Waals surface area contributed by atoms with Gasteiger partial charge in [0.15, 0.2) is 5.96 Å². The summed E-state index contributed by atoms with van der Waals surface area (Å²) in [6.07, 6.45) is 4.53. The topological polar surface area (TPSA) is 86.9 Å². The number of hydrogen-bond donors (Lipinski definition) is 2. The third kappa shape index (κ3) is 5.46. The monoisotopic (exact) mass is 448 g/mol. The van der Waals surface area contributed by atoms with Gasteiger partial charge in [-0.05, 0) is 42.7 Å². The van der Waals surface area contributed by atoms with Crippen molar-refractivity contribution in [3.05, 3.63) is 59.8 Å². The fraction of sp³-hybridized carbons (Fsp3) is 0.500. The van der Waals surface area contributed by atoms with Gasteiger partial charge in [0.2, 0.25) is 5.91 Å². The minimum atomic E-state index is -0.188. The van der Waals surface area contributed by atoms with Gasteiger partial charge in [0.25, 0.3) is 0 Å². The molecule has 3 heterocycles. The first-order chi connectivity index (χ1) is 16.1. The van der Waals surface area contributed by atoms with E-state index in [1.54, 1.807) is 0 Å². The molecule has 33 heavy (non-hydrogen) atoms. The maximum Gasteiger partial charge on any atom is 0.220 e. The Kier molecular flexibility index (Phi) is 7.47. The Morgan fingerprint density at radius 1 is 1.12 bits per heavy atom. The molecule has 0 aliphatic carbocycles. The van der Waals surface area contributed by atoms with E-state index in [-0.39, 0.29) is 11.8 Å². The minimum Gasteiger partial charge on any atom is -0.369 e. The molecule has 1 amide bonds. The van der Waals surface area contributed by atoms with Crippen LogP contribution in [0.2, 0.25) is 0 Å². The van der Waals surface area contributed by atoms with E-state index >= 15 is 0 Å². The molecular weight excluding hydrogens is 412 g/mol. The summed E-state index contributed by atoms with van der Waals surface area (Å²) >= 11 is 0. The first-order valence-corrected chi connectivity index (χ1v) is 12.1. The number of rotatable bonds is 5. The summed E-state index contributed by atoms with van der Waals surface area (Å²) in [7, 11) is 1.86. The number of piperidine rings is 2. The quantitative estimate of drug-likeness (QED) is 0.542. The lowest BCUT2D eigenvalue weighted by Crippen LogP contribution is -2.47. The molecule has 0 bridgehead atoms. The molecule has 7 heteroatoms. The van der Waals surface area contributed by atoms with Crippen LogP contribution in [-0.4, -0.2) is 55.0 Å². The van der Waals surface area contributed by atoms with Crippen LogP contribution in [-0.2, 0) is 11.3 Å². The van der Waals surface area contributed by atoms with Crippen molar-refractivity contribution < 1.29 is 4.79 Å². The van der Waals surface area contributed by atoms with Gasteiger partial charge in [-0.15, -0.1) is 0 Å². The highest BCUT2D eigenvalue weighted by atomic mass is 16.1. The summed E-state index contributed by atoms with van der Waals surface area (Å²) in [5, 5.41) is 3.57. The molecular formula is C26H36N6O. The average Bonchev–Trinajstić information content (AvgIpc) is 2.85. The zero-order chi connectivity index (χ0) is 23.2. The molecule has 2 unspecified atom stereocenters. The number of aliphatic imine (C=N–C) groups is 1. The molecule has 1 aromatic carbocycles. The van der Waals surface area contributed by atoms with Crippen LogP contribution in [0.25, 0.3) is 0 Å². The number of likely N-dealkylation sites (tertiary alicyclic amines) is 1. The van der Waals surface area contributed by atoms with Crippen LogP contribution in [0.1, 0.15) is 43.2 Å². The number of primary amides is 1. The third-order valence-electron chi connectivity index (χ3n) is 7.15. The van der Waals surface area contributed by atoms with Gasteiger partial charge in [-0.1, -0.05) is 43.3 Å². The zero-order valence-electron chi connectivity index (χ0n) is 19.8. The van der Waals surface area contributed by atoms with Crippen molar-refractivity contribution >= 4 is 17.7 Å². The SMILES string of the molecule is CN=C(NCc1cccnc1N1CCC(C(N)=O)CC1)N1CCC(c2ccccc2)C(C)C1. The van der Waals surface area contributed by atoms with Gasteiger partial charge in [-0.2, -0.15) is 0 Å². The summed E-state index contributed by atoms with van der Waals surface area (Å²) in [5.74, 6) is 2.86. The normalized spacial score (nSPS) is 22.3. The fourth-order valence-corrected chi connectivity index (χ4v) is 5.27. The van der Waals surface area contributed by atoms with E-state index in [1.165, 1.54) is 5.56 Å². The van der Waals surface area contributed by atoms with Gasteiger partial charge in [0.05, 0.1) is 0 Å². The van der Waals surface area contributed by atoms with Crippen LogP contribution in [0.15, 0.2) is 53.7 Å². The number of amides is 1. The highest BCUT2D eigenvalue weighted by Gasteiger charge is 2.29. The highest BCUT2D eigenvalue weighted by Crippen LogP contribution is 2.32. The van der Waals surface area contributed by atoms with E-state index in [9.17, 15) is 4.79 Å². The molecule has 2 fully saturated rings. The standard InChI is InChI=1S/C26H36N6O/c1-19-18-32(16-12-23(19)20-7-4-3-5-8-20)26(28-2)30-17-22-9-6-13-29-25(22)31-14-10-21(11-15-31)24(27)33/h3-9,13,19,21,23H,10-12,14-18H2,1-2H3,(H2,27,33)(H,28,30). The Morgan fingerprint density at radius 2 is 1.88 bits per heavy atom. The fourth-order valence-electron chi connectivity index (χ4n) is 5.27. The molecule has 2 aliphatic rings. The summed E-state index contributed by atoms with van der Waals surface area (Å²) in [6, 6.07) is 15.0. The summed E-state index contributed by atoms with van der Waals surface area (Å²) in [5.41, 5.74) is 8.08. The molecule has 0 spiro atoms. The van der Waals surface area contributed by atoms with E-state index in [4.69, 9.17) is 5.73 Å². The molecule has 3 N–H and O–H groups in total. The Hall–Kier alpha value is -3.09. The van der Waals surface area contributed by atoms with Gasteiger partial charge in [-0.25, -0.2) is 4.98 Å².